The van der Waals surface area contributed by atoms with E-state index in [0.29, 0.717) is 5.02 Å². The van der Waals surface area contributed by atoms with Crippen LogP contribution in [0.4, 0.5) is 4.79 Å². The van der Waals surface area contributed by atoms with E-state index in [1.165, 1.54) is 0 Å². The van der Waals surface area contributed by atoms with Gasteiger partial charge < -0.3 is 15.2 Å². The Labute approximate surface area is 135 Å². The van der Waals surface area contributed by atoms with E-state index in [4.69, 9.17) is 16.3 Å². The molecule has 0 aliphatic heterocycles. The summed E-state index contributed by atoms with van der Waals surface area (Å²) in [4.78, 5) is 23.3. The third-order valence-corrected chi connectivity index (χ3v) is 3.80. The summed E-state index contributed by atoms with van der Waals surface area (Å²) < 4.78 is 4.98. The van der Waals surface area contributed by atoms with Crippen LogP contribution in [0, 0.1) is 0 Å². The Balaban J connectivity index is 2.86. The van der Waals surface area contributed by atoms with Gasteiger partial charge in [0.25, 0.3) is 0 Å². The highest BCUT2D eigenvalue weighted by molar-refractivity contribution is 6.30. The summed E-state index contributed by atoms with van der Waals surface area (Å²) in [7, 11) is 0. The zero-order valence-corrected chi connectivity index (χ0v) is 13.8. The molecule has 0 heterocycles. The first-order valence-corrected chi connectivity index (χ1v) is 7.59. The standard InChI is InChI=1S/C16H22ClNO4/c1-4-5-10-22-15(21)18-13(14(19)20)16(2,3)11-6-8-12(17)9-7-11/h6-9,13H,4-5,10H2,1-3H3,(H,18,21)(H,19,20). The molecule has 0 fully saturated rings. The van der Waals surface area contributed by atoms with E-state index in [-0.39, 0.29) is 6.61 Å². The zero-order chi connectivity index (χ0) is 16.8. The fourth-order valence-electron chi connectivity index (χ4n) is 2.07. The van der Waals surface area contributed by atoms with E-state index < -0.39 is 23.5 Å². The third-order valence-electron chi connectivity index (χ3n) is 3.55. The summed E-state index contributed by atoms with van der Waals surface area (Å²) in [6.07, 6.45) is 0.917. The van der Waals surface area contributed by atoms with Gasteiger partial charge in [-0.3, -0.25) is 0 Å². The number of alkyl carbamates (subject to hydrolysis) is 1. The van der Waals surface area contributed by atoms with Crippen molar-refractivity contribution in [3.63, 3.8) is 0 Å². The van der Waals surface area contributed by atoms with Crippen LogP contribution in [0.2, 0.25) is 5.02 Å². The van der Waals surface area contributed by atoms with Gasteiger partial charge in [-0.25, -0.2) is 9.59 Å². The molecule has 5 nitrogen and oxygen atoms in total. The van der Waals surface area contributed by atoms with Crippen molar-refractivity contribution in [1.82, 2.24) is 5.32 Å². The minimum atomic E-state index is -1.12. The Kier molecular flexibility index (Phi) is 6.68. The molecule has 2 N–H and O–H groups in total. The van der Waals surface area contributed by atoms with Crippen molar-refractivity contribution >= 4 is 23.7 Å². The summed E-state index contributed by atoms with van der Waals surface area (Å²) in [5.74, 6) is -1.12. The van der Waals surface area contributed by atoms with Gasteiger partial charge in [0, 0.05) is 10.4 Å². The Morgan fingerprint density at radius 1 is 1.32 bits per heavy atom. The molecule has 1 rings (SSSR count). The van der Waals surface area contributed by atoms with Crippen molar-refractivity contribution in [3.05, 3.63) is 34.9 Å². The van der Waals surface area contributed by atoms with Gasteiger partial charge in [0.05, 0.1) is 6.61 Å². The van der Waals surface area contributed by atoms with Crippen molar-refractivity contribution in [2.24, 2.45) is 0 Å². The predicted molar refractivity (Wildman–Crippen MR) is 85.3 cm³/mol. The molecule has 0 aliphatic rings. The van der Waals surface area contributed by atoms with Crippen LogP contribution in [-0.4, -0.2) is 29.8 Å². The Bertz CT molecular complexity index is 513. The fourth-order valence-corrected chi connectivity index (χ4v) is 2.19. The van der Waals surface area contributed by atoms with Crippen molar-refractivity contribution < 1.29 is 19.4 Å². The van der Waals surface area contributed by atoms with Crippen molar-refractivity contribution in [3.8, 4) is 0 Å². The highest BCUT2D eigenvalue weighted by Crippen LogP contribution is 2.28. The maximum Gasteiger partial charge on any atom is 0.407 e. The molecule has 0 saturated heterocycles. The monoisotopic (exact) mass is 327 g/mol. The first kappa shape index (κ1) is 18.3. The number of carbonyl (C=O) groups excluding carboxylic acids is 1. The number of carbonyl (C=O) groups is 2. The second-order valence-electron chi connectivity index (χ2n) is 5.63. The van der Waals surface area contributed by atoms with Gasteiger partial charge in [-0.15, -0.1) is 0 Å². The number of nitrogens with one attached hydrogen (secondary N) is 1. The van der Waals surface area contributed by atoms with Crippen LogP contribution in [0.5, 0.6) is 0 Å². The van der Waals surface area contributed by atoms with Crippen molar-refractivity contribution in [2.45, 2.75) is 45.1 Å². The Morgan fingerprint density at radius 2 is 1.91 bits per heavy atom. The first-order chi connectivity index (χ1) is 10.3. The molecule has 1 aromatic rings. The molecular formula is C16H22ClNO4. The lowest BCUT2D eigenvalue weighted by molar-refractivity contribution is -0.141. The molecule has 0 aliphatic carbocycles. The number of carboxylic acid groups (broad SMARTS) is 1. The van der Waals surface area contributed by atoms with Crippen LogP contribution in [-0.2, 0) is 14.9 Å². The Hall–Kier alpha value is -1.75. The Morgan fingerprint density at radius 3 is 2.41 bits per heavy atom. The molecule has 0 saturated carbocycles. The van der Waals surface area contributed by atoms with E-state index in [2.05, 4.69) is 5.32 Å². The molecule has 1 amide bonds. The molecule has 22 heavy (non-hydrogen) atoms. The topological polar surface area (TPSA) is 75.6 Å². The summed E-state index contributed by atoms with van der Waals surface area (Å²) in [6, 6.07) is 5.78. The summed E-state index contributed by atoms with van der Waals surface area (Å²) >= 11 is 5.85. The predicted octanol–water partition coefficient (Wildman–Crippen LogP) is 3.60. The number of amides is 1. The van der Waals surface area contributed by atoms with E-state index in [1.54, 1.807) is 38.1 Å². The first-order valence-electron chi connectivity index (χ1n) is 7.21. The number of hydrogen-bond acceptors (Lipinski definition) is 3. The summed E-state index contributed by atoms with van der Waals surface area (Å²) in [5, 5.41) is 12.5. The molecule has 6 heteroatoms. The van der Waals surface area contributed by atoms with Gasteiger partial charge in [-0.1, -0.05) is 50.9 Å². The maximum absolute atomic E-state index is 11.7. The SMILES string of the molecule is CCCCOC(=O)NC(C(=O)O)C(C)(C)c1ccc(Cl)cc1. The maximum atomic E-state index is 11.7. The zero-order valence-electron chi connectivity index (χ0n) is 13.1. The number of hydrogen-bond donors (Lipinski definition) is 2. The second kappa shape index (κ2) is 8.03. The highest BCUT2D eigenvalue weighted by atomic mass is 35.5. The minimum absolute atomic E-state index is 0.274. The van der Waals surface area contributed by atoms with Gasteiger partial charge in [-0.05, 0) is 24.1 Å². The van der Waals surface area contributed by atoms with Crippen molar-refractivity contribution in [1.29, 1.82) is 0 Å². The second-order valence-corrected chi connectivity index (χ2v) is 6.07. The lowest BCUT2D eigenvalue weighted by Crippen LogP contribution is -2.52. The van der Waals surface area contributed by atoms with E-state index >= 15 is 0 Å². The van der Waals surface area contributed by atoms with Gasteiger partial charge in [0.15, 0.2) is 0 Å². The molecule has 1 unspecified atom stereocenters. The lowest BCUT2D eigenvalue weighted by Gasteiger charge is -2.32. The number of aliphatic carboxylic acids is 1. The van der Waals surface area contributed by atoms with Gasteiger partial charge in [0.2, 0.25) is 0 Å². The smallest absolute Gasteiger partial charge is 0.407 e. The fraction of sp³-hybridized carbons (Fsp3) is 0.500. The number of ether oxygens (including phenoxy) is 1. The van der Waals surface area contributed by atoms with Crippen LogP contribution in [0.15, 0.2) is 24.3 Å². The lowest BCUT2D eigenvalue weighted by atomic mass is 9.77. The number of unbranched alkanes of at least 4 members (excludes halogenated alkanes) is 1. The molecule has 1 atom stereocenters. The number of carboxylic acids is 1. The normalized spacial score (nSPS) is 12.5. The largest absolute Gasteiger partial charge is 0.480 e. The summed E-state index contributed by atoms with van der Waals surface area (Å²) in [5.41, 5.74) is -0.0571. The molecule has 0 aromatic heterocycles. The van der Waals surface area contributed by atoms with E-state index in [1.807, 2.05) is 6.92 Å². The number of rotatable bonds is 7. The molecule has 122 valence electrons. The quantitative estimate of drug-likeness (QED) is 0.750. The van der Waals surface area contributed by atoms with E-state index in [9.17, 15) is 14.7 Å². The van der Waals surface area contributed by atoms with Crippen molar-refractivity contribution in [2.75, 3.05) is 6.61 Å². The molecule has 0 bridgehead atoms. The van der Waals surface area contributed by atoms with Crippen LogP contribution in [0.1, 0.15) is 39.2 Å². The average molecular weight is 328 g/mol. The molecular weight excluding hydrogens is 306 g/mol. The molecule has 0 radical (unpaired) electrons. The van der Waals surface area contributed by atoms with Crippen LogP contribution in [0.3, 0.4) is 0 Å². The van der Waals surface area contributed by atoms with Gasteiger partial charge >= 0.3 is 12.1 Å². The van der Waals surface area contributed by atoms with Crippen LogP contribution in [0.25, 0.3) is 0 Å². The number of halogens is 1. The summed E-state index contributed by atoms with van der Waals surface area (Å²) in [6.45, 7) is 5.75. The highest BCUT2D eigenvalue weighted by Gasteiger charge is 2.38. The molecule has 1 aromatic carbocycles. The van der Waals surface area contributed by atoms with E-state index in [0.717, 1.165) is 18.4 Å². The van der Waals surface area contributed by atoms with Crippen LogP contribution < -0.4 is 5.32 Å². The molecule has 0 spiro atoms. The minimum Gasteiger partial charge on any atom is -0.480 e. The van der Waals surface area contributed by atoms with Gasteiger partial charge in [-0.2, -0.15) is 0 Å². The third kappa shape index (κ3) is 4.91. The average Bonchev–Trinajstić information content (AvgIpc) is 2.45. The number of benzene rings is 1. The van der Waals surface area contributed by atoms with Crippen LogP contribution >= 0.6 is 11.6 Å². The van der Waals surface area contributed by atoms with Gasteiger partial charge in [0.1, 0.15) is 6.04 Å².